The number of carbonyl (C=O) groups excluding carboxylic acids is 2. The van der Waals surface area contributed by atoms with E-state index in [1.807, 2.05) is 54.6 Å². The number of amides is 2. The van der Waals surface area contributed by atoms with E-state index in [0.29, 0.717) is 11.3 Å². The molecule has 0 saturated heterocycles. The molecule has 1 heterocycles. The molecule has 0 radical (unpaired) electrons. The van der Waals surface area contributed by atoms with Gasteiger partial charge in [-0.1, -0.05) is 42.5 Å². The summed E-state index contributed by atoms with van der Waals surface area (Å²) in [6.07, 6.45) is 0. The Morgan fingerprint density at radius 3 is 2.29 bits per heavy atom. The van der Waals surface area contributed by atoms with Gasteiger partial charge in [-0.2, -0.15) is 0 Å². The standard InChI is InChI=1S/C19H18N2O3/c1-12(22)16-17(13-6-4-3-5-7-13)20-19(23)21-18(16)14-8-10-15(24-2)11-9-14/h3-11,18H,1-2H3,(H2,20,21,23)/t18-/m0/s1. The molecular formula is C19H18N2O3. The summed E-state index contributed by atoms with van der Waals surface area (Å²) in [5.74, 6) is 0.623. The third kappa shape index (κ3) is 3.01. The van der Waals surface area contributed by atoms with Gasteiger partial charge in [-0.3, -0.25) is 4.79 Å². The van der Waals surface area contributed by atoms with Crippen LogP contribution in [0.4, 0.5) is 4.79 Å². The summed E-state index contributed by atoms with van der Waals surface area (Å²) < 4.78 is 5.16. The minimum Gasteiger partial charge on any atom is -0.497 e. The third-order valence-electron chi connectivity index (χ3n) is 3.96. The van der Waals surface area contributed by atoms with Gasteiger partial charge in [-0.25, -0.2) is 4.79 Å². The van der Waals surface area contributed by atoms with Crippen LogP contribution in [0, 0.1) is 0 Å². The molecule has 5 nitrogen and oxygen atoms in total. The average Bonchev–Trinajstić information content (AvgIpc) is 2.61. The van der Waals surface area contributed by atoms with Crippen LogP contribution >= 0.6 is 0 Å². The van der Waals surface area contributed by atoms with Crippen LogP contribution in [-0.4, -0.2) is 18.9 Å². The van der Waals surface area contributed by atoms with Gasteiger partial charge < -0.3 is 15.4 Å². The number of methoxy groups -OCH3 is 1. The SMILES string of the molecule is COc1ccc([C@@H]2NC(=O)NC(c3ccccc3)=C2C(C)=O)cc1. The van der Waals surface area contributed by atoms with Crippen LogP contribution in [0.2, 0.25) is 0 Å². The van der Waals surface area contributed by atoms with Crippen LogP contribution < -0.4 is 15.4 Å². The molecule has 0 saturated carbocycles. The summed E-state index contributed by atoms with van der Waals surface area (Å²) in [4.78, 5) is 24.5. The fraction of sp³-hybridized carbons (Fsp3) is 0.158. The molecule has 0 unspecified atom stereocenters. The molecule has 2 aromatic carbocycles. The first-order valence-electron chi connectivity index (χ1n) is 7.62. The molecule has 5 heteroatoms. The van der Waals surface area contributed by atoms with Gasteiger partial charge in [0, 0.05) is 5.57 Å². The molecule has 3 rings (SSSR count). The fourth-order valence-electron chi connectivity index (χ4n) is 2.82. The summed E-state index contributed by atoms with van der Waals surface area (Å²) >= 11 is 0. The average molecular weight is 322 g/mol. The van der Waals surface area contributed by atoms with E-state index < -0.39 is 6.04 Å². The number of hydrogen-bond acceptors (Lipinski definition) is 3. The molecule has 1 aliphatic rings. The van der Waals surface area contributed by atoms with E-state index in [9.17, 15) is 9.59 Å². The lowest BCUT2D eigenvalue weighted by molar-refractivity contribution is -0.113. The van der Waals surface area contributed by atoms with E-state index in [1.165, 1.54) is 6.92 Å². The molecule has 0 bridgehead atoms. The Morgan fingerprint density at radius 1 is 1.04 bits per heavy atom. The molecule has 2 amide bonds. The maximum atomic E-state index is 12.3. The first kappa shape index (κ1) is 15.8. The van der Waals surface area contributed by atoms with Gasteiger partial charge in [0.05, 0.1) is 18.8 Å². The Labute approximate surface area is 140 Å². The molecular weight excluding hydrogens is 304 g/mol. The molecule has 122 valence electrons. The largest absolute Gasteiger partial charge is 0.497 e. The minimum atomic E-state index is -0.502. The Balaban J connectivity index is 2.12. The van der Waals surface area contributed by atoms with Crippen LogP contribution in [0.1, 0.15) is 24.1 Å². The summed E-state index contributed by atoms with van der Waals surface area (Å²) in [6, 6.07) is 15.9. The Morgan fingerprint density at radius 2 is 1.71 bits per heavy atom. The fourth-order valence-corrected chi connectivity index (χ4v) is 2.82. The second-order valence-electron chi connectivity index (χ2n) is 5.52. The number of nitrogens with one attached hydrogen (secondary N) is 2. The minimum absolute atomic E-state index is 0.0952. The lowest BCUT2D eigenvalue weighted by Gasteiger charge is -2.29. The predicted molar refractivity (Wildman–Crippen MR) is 91.4 cm³/mol. The second kappa shape index (κ2) is 6.58. The number of urea groups is 1. The zero-order chi connectivity index (χ0) is 17.1. The van der Waals surface area contributed by atoms with E-state index >= 15 is 0 Å². The van der Waals surface area contributed by atoms with Crippen molar-refractivity contribution in [2.45, 2.75) is 13.0 Å². The van der Waals surface area contributed by atoms with Gasteiger partial charge in [0.15, 0.2) is 5.78 Å². The highest BCUT2D eigenvalue weighted by Crippen LogP contribution is 2.32. The Kier molecular flexibility index (Phi) is 4.33. The summed E-state index contributed by atoms with van der Waals surface area (Å²) in [6.45, 7) is 1.51. The number of ether oxygens (including phenoxy) is 1. The van der Waals surface area contributed by atoms with Crippen LogP contribution in [0.3, 0.4) is 0 Å². The summed E-state index contributed by atoms with van der Waals surface area (Å²) in [5, 5.41) is 5.60. The van der Waals surface area contributed by atoms with Gasteiger partial charge in [0.1, 0.15) is 5.75 Å². The van der Waals surface area contributed by atoms with E-state index in [2.05, 4.69) is 10.6 Å². The van der Waals surface area contributed by atoms with E-state index in [-0.39, 0.29) is 11.8 Å². The van der Waals surface area contributed by atoms with Gasteiger partial charge in [0.25, 0.3) is 0 Å². The molecule has 0 spiro atoms. The van der Waals surface area contributed by atoms with Crippen molar-refractivity contribution in [2.24, 2.45) is 0 Å². The van der Waals surface area contributed by atoms with Crippen molar-refractivity contribution < 1.29 is 14.3 Å². The highest BCUT2D eigenvalue weighted by atomic mass is 16.5. The smallest absolute Gasteiger partial charge is 0.320 e. The van der Waals surface area contributed by atoms with Gasteiger partial charge in [-0.15, -0.1) is 0 Å². The van der Waals surface area contributed by atoms with Crippen molar-refractivity contribution in [1.29, 1.82) is 0 Å². The maximum absolute atomic E-state index is 12.3. The molecule has 1 aliphatic heterocycles. The van der Waals surface area contributed by atoms with E-state index in [0.717, 1.165) is 16.9 Å². The number of ketones is 1. The van der Waals surface area contributed by atoms with Crippen molar-refractivity contribution in [3.05, 3.63) is 71.3 Å². The molecule has 1 atom stereocenters. The van der Waals surface area contributed by atoms with Gasteiger partial charge in [-0.05, 0) is 30.2 Å². The number of rotatable bonds is 4. The normalized spacial score (nSPS) is 17.1. The molecule has 0 aromatic heterocycles. The van der Waals surface area contributed by atoms with Crippen molar-refractivity contribution in [2.75, 3.05) is 7.11 Å². The third-order valence-corrected chi connectivity index (χ3v) is 3.96. The van der Waals surface area contributed by atoms with Crippen molar-refractivity contribution >= 4 is 17.5 Å². The first-order chi connectivity index (χ1) is 11.6. The van der Waals surface area contributed by atoms with Crippen molar-refractivity contribution in [3.8, 4) is 5.75 Å². The van der Waals surface area contributed by atoms with Crippen LogP contribution in [0.5, 0.6) is 5.75 Å². The lowest BCUT2D eigenvalue weighted by atomic mass is 9.90. The number of carbonyl (C=O) groups is 2. The number of hydrogen-bond donors (Lipinski definition) is 2. The topological polar surface area (TPSA) is 67.4 Å². The van der Waals surface area contributed by atoms with E-state index in [4.69, 9.17) is 4.74 Å². The molecule has 0 fully saturated rings. The predicted octanol–water partition coefficient (Wildman–Crippen LogP) is 3.05. The second-order valence-corrected chi connectivity index (χ2v) is 5.52. The Bertz CT molecular complexity index is 795. The monoisotopic (exact) mass is 322 g/mol. The van der Waals surface area contributed by atoms with Crippen LogP contribution in [-0.2, 0) is 4.79 Å². The quantitative estimate of drug-likeness (QED) is 0.909. The van der Waals surface area contributed by atoms with Gasteiger partial charge >= 0.3 is 6.03 Å². The number of Topliss-reactive ketones (excluding diaryl/α,β-unsaturated/α-hetero) is 1. The molecule has 24 heavy (non-hydrogen) atoms. The highest BCUT2D eigenvalue weighted by Gasteiger charge is 2.31. The summed E-state index contributed by atoms with van der Waals surface area (Å²) in [7, 11) is 1.59. The van der Waals surface area contributed by atoms with Crippen LogP contribution in [0.25, 0.3) is 5.70 Å². The molecule has 2 N–H and O–H groups in total. The number of benzene rings is 2. The Hall–Kier alpha value is -3.08. The van der Waals surface area contributed by atoms with Crippen LogP contribution in [0.15, 0.2) is 60.2 Å². The highest BCUT2D eigenvalue weighted by molar-refractivity contribution is 6.06. The van der Waals surface area contributed by atoms with E-state index in [1.54, 1.807) is 7.11 Å². The molecule has 2 aromatic rings. The zero-order valence-corrected chi connectivity index (χ0v) is 13.5. The lowest BCUT2D eigenvalue weighted by Crippen LogP contribution is -2.44. The van der Waals surface area contributed by atoms with Crippen molar-refractivity contribution in [3.63, 3.8) is 0 Å². The maximum Gasteiger partial charge on any atom is 0.320 e. The molecule has 0 aliphatic carbocycles. The zero-order valence-electron chi connectivity index (χ0n) is 13.5. The van der Waals surface area contributed by atoms with Crippen molar-refractivity contribution in [1.82, 2.24) is 10.6 Å². The first-order valence-corrected chi connectivity index (χ1v) is 7.62. The van der Waals surface area contributed by atoms with Gasteiger partial charge in [0.2, 0.25) is 0 Å². The summed E-state index contributed by atoms with van der Waals surface area (Å²) in [5.41, 5.74) is 2.71.